The van der Waals surface area contributed by atoms with Gasteiger partial charge in [0.15, 0.2) is 11.5 Å². The molecule has 1 aliphatic heterocycles. The third kappa shape index (κ3) is 3.51. The van der Waals surface area contributed by atoms with Gasteiger partial charge < -0.3 is 24.6 Å². The minimum absolute atomic E-state index is 0.0244. The number of phenolic OH excluding ortho intramolecular Hbond substituents is 2. The van der Waals surface area contributed by atoms with Gasteiger partial charge in [0.1, 0.15) is 17.1 Å². The van der Waals surface area contributed by atoms with Crippen LogP contribution in [-0.4, -0.2) is 58.6 Å². The summed E-state index contributed by atoms with van der Waals surface area (Å²) in [5.41, 5.74) is 4.61. The van der Waals surface area contributed by atoms with Gasteiger partial charge >= 0.3 is 0 Å². The van der Waals surface area contributed by atoms with Crippen LogP contribution in [0.3, 0.4) is 0 Å². The maximum Gasteiger partial charge on any atom is 0.273 e. The second-order valence-corrected chi connectivity index (χ2v) is 8.64. The van der Waals surface area contributed by atoms with E-state index in [1.165, 1.54) is 7.11 Å². The monoisotopic (exact) mass is 501 g/mol. The molecular weight excluding hydrogens is 478 g/mol. The summed E-state index contributed by atoms with van der Waals surface area (Å²) in [4.78, 5) is 15.0. The lowest BCUT2D eigenvalue weighted by atomic mass is 9.93. The molecule has 1 atom stereocenters. The van der Waals surface area contributed by atoms with E-state index in [-0.39, 0.29) is 23.2 Å². The van der Waals surface area contributed by atoms with Crippen LogP contribution < -0.4 is 4.74 Å². The average Bonchev–Trinajstić information content (AvgIpc) is 3.27. The van der Waals surface area contributed by atoms with Gasteiger partial charge in [-0.2, -0.15) is 5.10 Å². The highest BCUT2D eigenvalue weighted by Crippen LogP contribution is 2.47. The molecule has 8 nitrogen and oxygen atoms in total. The summed E-state index contributed by atoms with van der Waals surface area (Å²) in [5.74, 6) is 0.140. The number of methoxy groups -OCH3 is 2. The largest absolute Gasteiger partial charge is 0.507 e. The average molecular weight is 502 g/mol. The molecule has 1 aromatic heterocycles. The summed E-state index contributed by atoms with van der Waals surface area (Å²) < 4.78 is 11.0. The van der Waals surface area contributed by atoms with Crippen LogP contribution in [-0.2, 0) is 4.74 Å². The molecule has 1 amide bonds. The lowest BCUT2D eigenvalue weighted by molar-refractivity contribution is 0.0677. The molecule has 168 valence electrons. The maximum absolute atomic E-state index is 13.3. The van der Waals surface area contributed by atoms with E-state index >= 15 is 0 Å². The Balaban J connectivity index is 1.96. The Morgan fingerprint density at radius 1 is 1.19 bits per heavy atom. The minimum atomic E-state index is -0.521. The summed E-state index contributed by atoms with van der Waals surface area (Å²) >= 11 is 3.38. The van der Waals surface area contributed by atoms with Crippen molar-refractivity contribution in [3.05, 3.63) is 56.7 Å². The molecule has 0 spiro atoms. The molecule has 0 fully saturated rings. The molecule has 1 unspecified atom stereocenters. The van der Waals surface area contributed by atoms with Crippen LogP contribution >= 0.6 is 15.9 Å². The first-order valence-electron chi connectivity index (χ1n) is 10.0. The van der Waals surface area contributed by atoms with Crippen LogP contribution in [0.1, 0.15) is 38.8 Å². The summed E-state index contributed by atoms with van der Waals surface area (Å²) in [6, 6.07) is 6.57. The molecule has 4 rings (SSSR count). The highest BCUT2D eigenvalue weighted by Gasteiger charge is 2.43. The fraction of sp³-hybridized carbons (Fsp3) is 0.304. The SMILES string of the molecule is COCCN1C(=O)c2[nH]nc(-c3c(C)cc(C)cc3O)c2C1c1cc(Br)c(O)c(OC)c1. The number of aromatic amines is 1. The normalized spacial score (nSPS) is 15.3. The van der Waals surface area contributed by atoms with E-state index in [1.54, 1.807) is 30.2 Å². The second-order valence-electron chi connectivity index (χ2n) is 7.78. The van der Waals surface area contributed by atoms with Crippen molar-refractivity contribution in [1.82, 2.24) is 15.1 Å². The number of halogens is 1. The van der Waals surface area contributed by atoms with Crippen LogP contribution in [0.15, 0.2) is 28.7 Å². The molecule has 1 aliphatic rings. The molecule has 0 radical (unpaired) electrons. The summed E-state index contributed by atoms with van der Waals surface area (Å²) in [5, 5.41) is 28.3. The standard InChI is InChI=1S/C23H24BrN3O5/c1-11-7-12(2)17(15(28)8-11)19-18-20(26-25-19)23(30)27(5-6-31-3)21(18)13-9-14(24)22(29)16(10-13)32-4/h7-10,21,28-29H,5-6H2,1-4H3,(H,25,26). The van der Waals surface area contributed by atoms with Crippen molar-refractivity contribution >= 4 is 21.8 Å². The Kier molecular flexibility index (Phi) is 5.87. The number of aromatic nitrogens is 2. The smallest absolute Gasteiger partial charge is 0.273 e. The molecule has 0 saturated heterocycles. The van der Waals surface area contributed by atoms with Gasteiger partial charge in [-0.25, -0.2) is 0 Å². The highest BCUT2D eigenvalue weighted by atomic mass is 79.9. The van der Waals surface area contributed by atoms with E-state index in [2.05, 4.69) is 26.1 Å². The highest BCUT2D eigenvalue weighted by molar-refractivity contribution is 9.10. The number of benzene rings is 2. The van der Waals surface area contributed by atoms with Crippen molar-refractivity contribution in [2.24, 2.45) is 0 Å². The minimum Gasteiger partial charge on any atom is -0.507 e. The molecule has 2 aromatic carbocycles. The van der Waals surface area contributed by atoms with E-state index < -0.39 is 6.04 Å². The summed E-state index contributed by atoms with van der Waals surface area (Å²) in [7, 11) is 3.05. The number of aromatic hydroxyl groups is 2. The number of aryl methyl sites for hydroxylation is 2. The molecule has 0 aliphatic carbocycles. The number of phenols is 2. The zero-order chi connectivity index (χ0) is 23.2. The van der Waals surface area contributed by atoms with Crippen LogP contribution in [0.5, 0.6) is 17.2 Å². The zero-order valence-corrected chi connectivity index (χ0v) is 19.8. The molecule has 32 heavy (non-hydrogen) atoms. The molecule has 3 N–H and O–H groups in total. The predicted octanol–water partition coefficient (Wildman–Crippen LogP) is 4.07. The van der Waals surface area contributed by atoms with Crippen LogP contribution in [0.25, 0.3) is 11.3 Å². The first-order chi connectivity index (χ1) is 15.3. The Labute approximate surface area is 193 Å². The van der Waals surface area contributed by atoms with Gasteiger partial charge in [-0.3, -0.25) is 9.89 Å². The van der Waals surface area contributed by atoms with Crippen molar-refractivity contribution in [2.45, 2.75) is 19.9 Å². The van der Waals surface area contributed by atoms with Gasteiger partial charge in [-0.1, -0.05) is 6.07 Å². The van der Waals surface area contributed by atoms with Gasteiger partial charge in [0.25, 0.3) is 5.91 Å². The van der Waals surface area contributed by atoms with E-state index in [1.807, 2.05) is 19.9 Å². The van der Waals surface area contributed by atoms with Crippen molar-refractivity contribution in [1.29, 1.82) is 0 Å². The van der Waals surface area contributed by atoms with E-state index in [0.717, 1.165) is 16.7 Å². The van der Waals surface area contributed by atoms with Gasteiger partial charge in [0.2, 0.25) is 0 Å². The van der Waals surface area contributed by atoms with Crippen molar-refractivity contribution in [3.63, 3.8) is 0 Å². The number of amides is 1. The lowest BCUT2D eigenvalue weighted by Crippen LogP contribution is -2.32. The Bertz CT molecular complexity index is 1180. The maximum atomic E-state index is 13.3. The second kappa shape index (κ2) is 8.48. The van der Waals surface area contributed by atoms with E-state index in [4.69, 9.17) is 9.47 Å². The van der Waals surface area contributed by atoms with Gasteiger partial charge in [0.05, 0.1) is 24.2 Å². The Morgan fingerprint density at radius 2 is 1.94 bits per heavy atom. The number of ether oxygens (including phenoxy) is 2. The van der Waals surface area contributed by atoms with E-state index in [0.29, 0.717) is 40.1 Å². The number of hydrogen-bond donors (Lipinski definition) is 3. The molecule has 3 aromatic rings. The summed E-state index contributed by atoms with van der Waals surface area (Å²) in [6.45, 7) is 4.50. The molecule has 0 bridgehead atoms. The summed E-state index contributed by atoms with van der Waals surface area (Å²) in [6.07, 6.45) is 0. The number of H-pyrrole nitrogens is 1. The van der Waals surface area contributed by atoms with Crippen molar-refractivity contribution < 1.29 is 24.5 Å². The third-order valence-corrected chi connectivity index (χ3v) is 6.29. The predicted molar refractivity (Wildman–Crippen MR) is 122 cm³/mol. The first kappa shape index (κ1) is 22.2. The zero-order valence-electron chi connectivity index (χ0n) is 18.2. The number of hydrogen-bond acceptors (Lipinski definition) is 6. The lowest BCUT2D eigenvalue weighted by Gasteiger charge is -2.27. The molecular formula is C23H24BrN3O5. The molecule has 0 saturated carbocycles. The third-order valence-electron chi connectivity index (χ3n) is 5.68. The molecule has 9 heteroatoms. The van der Waals surface area contributed by atoms with Crippen LogP contribution in [0, 0.1) is 13.8 Å². The number of nitrogens with zero attached hydrogens (tertiary/aromatic N) is 2. The van der Waals surface area contributed by atoms with Crippen LogP contribution in [0.2, 0.25) is 0 Å². The number of carbonyl (C=O) groups excluding carboxylic acids is 1. The number of carbonyl (C=O) groups is 1. The fourth-order valence-corrected chi connectivity index (χ4v) is 4.77. The first-order valence-corrected chi connectivity index (χ1v) is 10.8. The van der Waals surface area contributed by atoms with Gasteiger partial charge in [-0.05, 0) is 64.7 Å². The molecule has 2 heterocycles. The Morgan fingerprint density at radius 3 is 2.59 bits per heavy atom. The Hall–Kier alpha value is -3.04. The number of nitrogens with one attached hydrogen (secondary N) is 1. The van der Waals surface area contributed by atoms with Gasteiger partial charge in [0, 0.05) is 24.8 Å². The van der Waals surface area contributed by atoms with Gasteiger partial charge in [-0.15, -0.1) is 0 Å². The number of rotatable bonds is 6. The van der Waals surface area contributed by atoms with Crippen molar-refractivity contribution in [2.75, 3.05) is 27.4 Å². The fourth-order valence-electron chi connectivity index (χ4n) is 4.31. The topological polar surface area (TPSA) is 108 Å². The van der Waals surface area contributed by atoms with Crippen LogP contribution in [0.4, 0.5) is 0 Å². The quantitative estimate of drug-likeness (QED) is 0.469. The van der Waals surface area contributed by atoms with E-state index in [9.17, 15) is 15.0 Å². The van der Waals surface area contributed by atoms with Crippen molar-refractivity contribution in [3.8, 4) is 28.5 Å². The number of fused-ring (bicyclic) bond motifs is 1.